The molecule has 2 aliphatic rings. The molecule has 14 heavy (non-hydrogen) atoms. The van der Waals surface area contributed by atoms with Gasteiger partial charge in [0.25, 0.3) is 5.79 Å². The summed E-state index contributed by atoms with van der Waals surface area (Å²) >= 11 is 2.29. The fourth-order valence-electron chi connectivity index (χ4n) is 2.19. The predicted octanol–water partition coefficient (Wildman–Crippen LogP) is 3.33. The molecule has 1 aromatic carbocycles. The van der Waals surface area contributed by atoms with Crippen molar-refractivity contribution in [1.82, 2.24) is 0 Å². The summed E-state index contributed by atoms with van der Waals surface area (Å²) in [4.78, 5) is 0. The molecule has 0 N–H and O–H groups in total. The Balaban J connectivity index is 2.00. The smallest absolute Gasteiger partial charge is 0.251 e. The van der Waals surface area contributed by atoms with Crippen LogP contribution >= 0.6 is 22.6 Å². The minimum absolute atomic E-state index is 0.316. The van der Waals surface area contributed by atoms with Crippen LogP contribution in [0.5, 0.6) is 11.5 Å². The van der Waals surface area contributed by atoms with Crippen molar-refractivity contribution >= 4 is 22.6 Å². The van der Waals surface area contributed by atoms with Crippen LogP contribution in [-0.4, -0.2) is 5.79 Å². The zero-order valence-corrected chi connectivity index (χ0v) is 9.91. The highest BCUT2D eigenvalue weighted by Gasteiger charge is 2.44. The van der Waals surface area contributed by atoms with Gasteiger partial charge >= 0.3 is 0 Å². The van der Waals surface area contributed by atoms with Crippen molar-refractivity contribution in [1.29, 1.82) is 0 Å². The van der Waals surface area contributed by atoms with Crippen LogP contribution in [0.1, 0.15) is 25.7 Å². The van der Waals surface area contributed by atoms with Gasteiger partial charge in [0.1, 0.15) is 0 Å². The van der Waals surface area contributed by atoms with Gasteiger partial charge in [0.05, 0.1) is 3.57 Å². The fraction of sp³-hybridized carbons (Fsp3) is 0.455. The van der Waals surface area contributed by atoms with Crippen molar-refractivity contribution < 1.29 is 9.47 Å². The lowest BCUT2D eigenvalue weighted by Gasteiger charge is -2.21. The first-order chi connectivity index (χ1) is 6.79. The molecule has 3 rings (SSSR count). The Labute approximate surface area is 96.7 Å². The Hall–Kier alpha value is -0.450. The van der Waals surface area contributed by atoms with E-state index in [4.69, 9.17) is 9.47 Å². The van der Waals surface area contributed by atoms with Crippen molar-refractivity contribution in [3.05, 3.63) is 21.8 Å². The largest absolute Gasteiger partial charge is 0.448 e. The van der Waals surface area contributed by atoms with Crippen LogP contribution in [0, 0.1) is 3.57 Å². The number of halogens is 1. The summed E-state index contributed by atoms with van der Waals surface area (Å²) in [5, 5.41) is 0. The first-order valence-electron chi connectivity index (χ1n) is 4.96. The van der Waals surface area contributed by atoms with Gasteiger partial charge in [-0.1, -0.05) is 6.07 Å². The number of ether oxygens (including phenoxy) is 2. The quantitative estimate of drug-likeness (QED) is 0.684. The number of fused-ring (bicyclic) bond motifs is 1. The van der Waals surface area contributed by atoms with Crippen LogP contribution < -0.4 is 9.47 Å². The minimum Gasteiger partial charge on any atom is -0.448 e. The van der Waals surface area contributed by atoms with Gasteiger partial charge in [0.15, 0.2) is 11.5 Å². The van der Waals surface area contributed by atoms with Crippen molar-refractivity contribution in [3.8, 4) is 11.5 Å². The van der Waals surface area contributed by atoms with Crippen molar-refractivity contribution in [2.24, 2.45) is 0 Å². The summed E-state index contributed by atoms with van der Waals surface area (Å²) < 4.78 is 13.0. The van der Waals surface area contributed by atoms with Gasteiger partial charge in [0, 0.05) is 12.8 Å². The third-order valence-corrected chi connectivity index (χ3v) is 3.73. The molecule has 1 aromatic rings. The molecule has 3 heteroatoms. The molecule has 0 radical (unpaired) electrons. The zero-order chi connectivity index (χ0) is 9.60. The molecule has 1 spiro atoms. The SMILES string of the molecule is Ic1cccc2c1OC1(CCCC1)O2. The molecule has 1 fully saturated rings. The van der Waals surface area contributed by atoms with Crippen LogP contribution in [0.3, 0.4) is 0 Å². The first kappa shape index (κ1) is 8.83. The lowest BCUT2D eigenvalue weighted by molar-refractivity contribution is -0.0719. The Morgan fingerprint density at radius 2 is 1.93 bits per heavy atom. The van der Waals surface area contributed by atoms with E-state index in [0.29, 0.717) is 0 Å². The molecule has 1 heterocycles. The molecule has 0 unspecified atom stereocenters. The predicted molar refractivity (Wildman–Crippen MR) is 61.6 cm³/mol. The van der Waals surface area contributed by atoms with E-state index in [1.807, 2.05) is 12.1 Å². The maximum Gasteiger partial charge on any atom is 0.251 e. The van der Waals surface area contributed by atoms with E-state index >= 15 is 0 Å². The summed E-state index contributed by atoms with van der Waals surface area (Å²) in [6, 6.07) is 6.05. The van der Waals surface area contributed by atoms with Gasteiger partial charge in [-0.05, 0) is 47.6 Å². The Kier molecular flexibility index (Phi) is 1.90. The van der Waals surface area contributed by atoms with Gasteiger partial charge in [-0.25, -0.2) is 0 Å². The minimum atomic E-state index is -0.316. The number of hydrogen-bond donors (Lipinski definition) is 0. The van der Waals surface area contributed by atoms with Crippen LogP contribution in [0.4, 0.5) is 0 Å². The summed E-state index contributed by atoms with van der Waals surface area (Å²) in [6.45, 7) is 0. The molecule has 0 atom stereocenters. The normalized spacial score (nSPS) is 21.8. The van der Waals surface area contributed by atoms with E-state index < -0.39 is 0 Å². The lowest BCUT2D eigenvalue weighted by Crippen LogP contribution is -2.34. The van der Waals surface area contributed by atoms with Crippen LogP contribution in [0.25, 0.3) is 0 Å². The van der Waals surface area contributed by atoms with E-state index in [1.165, 1.54) is 12.8 Å². The third kappa shape index (κ3) is 1.21. The highest BCUT2D eigenvalue weighted by molar-refractivity contribution is 14.1. The van der Waals surface area contributed by atoms with Gasteiger partial charge in [-0.15, -0.1) is 0 Å². The molecule has 1 saturated carbocycles. The van der Waals surface area contributed by atoms with Gasteiger partial charge in [-0.3, -0.25) is 0 Å². The third-order valence-electron chi connectivity index (χ3n) is 2.88. The van der Waals surface area contributed by atoms with Crippen LogP contribution in [0.2, 0.25) is 0 Å². The molecular formula is C11H11IO2. The van der Waals surface area contributed by atoms with E-state index in [9.17, 15) is 0 Å². The lowest BCUT2D eigenvalue weighted by atomic mass is 10.2. The summed E-state index contributed by atoms with van der Waals surface area (Å²) in [6.07, 6.45) is 4.48. The van der Waals surface area contributed by atoms with Crippen molar-refractivity contribution in [3.63, 3.8) is 0 Å². The molecule has 1 aliphatic heterocycles. The summed E-state index contributed by atoms with van der Waals surface area (Å²) in [5.74, 6) is 1.54. The fourth-order valence-corrected chi connectivity index (χ4v) is 2.78. The average Bonchev–Trinajstić information content (AvgIpc) is 2.75. The Bertz CT molecular complexity index is 370. The summed E-state index contributed by atoms with van der Waals surface area (Å²) in [7, 11) is 0. The van der Waals surface area contributed by atoms with E-state index in [0.717, 1.165) is 27.9 Å². The monoisotopic (exact) mass is 302 g/mol. The zero-order valence-electron chi connectivity index (χ0n) is 7.75. The van der Waals surface area contributed by atoms with E-state index in [1.54, 1.807) is 0 Å². The van der Waals surface area contributed by atoms with Gasteiger partial charge < -0.3 is 9.47 Å². The second kappa shape index (κ2) is 3.02. The first-order valence-corrected chi connectivity index (χ1v) is 6.04. The molecular weight excluding hydrogens is 291 g/mol. The standard InChI is InChI=1S/C11H11IO2/c12-8-4-3-5-9-10(8)14-11(13-9)6-1-2-7-11/h3-5H,1-2,6-7H2. The van der Waals surface area contributed by atoms with Crippen molar-refractivity contribution in [2.75, 3.05) is 0 Å². The number of benzene rings is 1. The Morgan fingerprint density at radius 3 is 2.64 bits per heavy atom. The van der Waals surface area contributed by atoms with Crippen molar-refractivity contribution in [2.45, 2.75) is 31.5 Å². The maximum atomic E-state index is 5.96. The van der Waals surface area contributed by atoms with Gasteiger partial charge in [0.2, 0.25) is 0 Å². The Morgan fingerprint density at radius 1 is 1.14 bits per heavy atom. The average molecular weight is 302 g/mol. The molecule has 74 valence electrons. The van der Waals surface area contributed by atoms with Crippen LogP contribution in [0.15, 0.2) is 18.2 Å². The van der Waals surface area contributed by atoms with E-state index in [2.05, 4.69) is 28.7 Å². The van der Waals surface area contributed by atoms with Crippen LogP contribution in [-0.2, 0) is 0 Å². The molecule has 0 aromatic heterocycles. The topological polar surface area (TPSA) is 18.5 Å². The second-order valence-corrected chi connectivity index (χ2v) is 5.05. The van der Waals surface area contributed by atoms with E-state index in [-0.39, 0.29) is 5.79 Å². The number of rotatable bonds is 0. The highest BCUT2D eigenvalue weighted by Crippen LogP contribution is 2.48. The number of para-hydroxylation sites is 1. The molecule has 1 aliphatic carbocycles. The second-order valence-electron chi connectivity index (χ2n) is 3.89. The number of hydrogen-bond acceptors (Lipinski definition) is 2. The maximum absolute atomic E-state index is 5.96. The molecule has 0 bridgehead atoms. The molecule has 2 nitrogen and oxygen atoms in total. The molecule has 0 saturated heterocycles. The molecule has 0 amide bonds. The highest BCUT2D eigenvalue weighted by atomic mass is 127. The summed E-state index contributed by atoms with van der Waals surface area (Å²) in [5.41, 5.74) is 0. The van der Waals surface area contributed by atoms with Gasteiger partial charge in [-0.2, -0.15) is 0 Å².